The second kappa shape index (κ2) is 6.49. The number of ether oxygens (including phenoxy) is 1. The average Bonchev–Trinajstić information content (AvgIpc) is 2.93. The predicted octanol–water partition coefficient (Wildman–Crippen LogP) is 3.51. The average molecular weight is 274 g/mol. The molecule has 20 heavy (non-hydrogen) atoms. The molecule has 2 heterocycles. The topological polar surface area (TPSA) is 24.5 Å². The van der Waals surface area contributed by atoms with Crippen LogP contribution >= 0.6 is 0 Å². The summed E-state index contributed by atoms with van der Waals surface area (Å²) in [6.07, 6.45) is 6.38. The highest BCUT2D eigenvalue weighted by molar-refractivity contribution is 5.49. The van der Waals surface area contributed by atoms with Gasteiger partial charge in [-0.1, -0.05) is 13.0 Å². The fourth-order valence-electron chi connectivity index (χ4n) is 3.49. The molecule has 110 valence electrons. The van der Waals surface area contributed by atoms with Crippen LogP contribution in [0.15, 0.2) is 24.3 Å². The third-order valence-electron chi connectivity index (χ3n) is 4.50. The number of nitrogens with one attached hydrogen (secondary N) is 1. The van der Waals surface area contributed by atoms with Gasteiger partial charge in [-0.3, -0.25) is 0 Å². The van der Waals surface area contributed by atoms with E-state index in [1.807, 2.05) is 6.07 Å². The number of hydrogen-bond acceptors (Lipinski definition) is 3. The minimum atomic E-state index is 0.621. The van der Waals surface area contributed by atoms with Crippen LogP contribution in [0.3, 0.4) is 0 Å². The van der Waals surface area contributed by atoms with Crippen LogP contribution in [0.4, 0.5) is 5.69 Å². The standard InChI is InChI=1S/C17H26N2O/c1-2-11-20-17-7-3-5-14(13-17)18-15-8-10-19-9-4-6-16(19)12-15/h3,5,7,13,15-16,18H,2,4,6,8-12H2,1H3. The van der Waals surface area contributed by atoms with Gasteiger partial charge in [0.25, 0.3) is 0 Å². The minimum Gasteiger partial charge on any atom is -0.494 e. The highest BCUT2D eigenvalue weighted by Gasteiger charge is 2.31. The first-order chi connectivity index (χ1) is 9.85. The molecule has 0 aromatic heterocycles. The molecule has 0 saturated carbocycles. The summed E-state index contributed by atoms with van der Waals surface area (Å²) in [5, 5.41) is 3.70. The first kappa shape index (κ1) is 13.7. The number of piperidine rings is 1. The van der Waals surface area contributed by atoms with Crippen molar-refractivity contribution in [3.8, 4) is 5.75 Å². The van der Waals surface area contributed by atoms with Gasteiger partial charge in [0, 0.05) is 30.4 Å². The summed E-state index contributed by atoms with van der Waals surface area (Å²) in [5.41, 5.74) is 1.20. The third-order valence-corrected chi connectivity index (χ3v) is 4.50. The fourth-order valence-corrected chi connectivity index (χ4v) is 3.49. The summed E-state index contributed by atoms with van der Waals surface area (Å²) in [4.78, 5) is 2.67. The summed E-state index contributed by atoms with van der Waals surface area (Å²) in [7, 11) is 0. The Hall–Kier alpha value is -1.22. The van der Waals surface area contributed by atoms with Gasteiger partial charge < -0.3 is 15.0 Å². The largest absolute Gasteiger partial charge is 0.494 e. The maximum atomic E-state index is 5.71. The van der Waals surface area contributed by atoms with Crippen LogP contribution in [0, 0.1) is 0 Å². The fraction of sp³-hybridized carbons (Fsp3) is 0.647. The number of anilines is 1. The van der Waals surface area contributed by atoms with Gasteiger partial charge in [0.15, 0.2) is 0 Å². The molecule has 0 aliphatic carbocycles. The lowest BCUT2D eigenvalue weighted by atomic mass is 9.97. The molecule has 1 aromatic rings. The Balaban J connectivity index is 1.57. The summed E-state index contributed by atoms with van der Waals surface area (Å²) >= 11 is 0. The van der Waals surface area contributed by atoms with Gasteiger partial charge in [-0.25, -0.2) is 0 Å². The highest BCUT2D eigenvalue weighted by atomic mass is 16.5. The van der Waals surface area contributed by atoms with Gasteiger partial charge in [-0.05, 0) is 50.8 Å². The summed E-state index contributed by atoms with van der Waals surface area (Å²) in [6, 6.07) is 9.85. The molecule has 3 heteroatoms. The maximum Gasteiger partial charge on any atom is 0.121 e. The SMILES string of the molecule is CCCOc1cccc(NC2CCN3CCCC3C2)c1. The Morgan fingerprint density at radius 3 is 3.15 bits per heavy atom. The first-order valence-electron chi connectivity index (χ1n) is 8.08. The van der Waals surface area contributed by atoms with Gasteiger partial charge in [0.1, 0.15) is 5.75 Å². The smallest absolute Gasteiger partial charge is 0.121 e. The molecule has 3 rings (SSSR count). The minimum absolute atomic E-state index is 0.621. The number of fused-ring (bicyclic) bond motifs is 1. The van der Waals surface area contributed by atoms with Crippen molar-refractivity contribution in [2.75, 3.05) is 25.0 Å². The molecule has 0 radical (unpaired) electrons. The molecule has 2 atom stereocenters. The number of hydrogen-bond donors (Lipinski definition) is 1. The number of nitrogens with zero attached hydrogens (tertiary/aromatic N) is 1. The Morgan fingerprint density at radius 1 is 1.30 bits per heavy atom. The van der Waals surface area contributed by atoms with E-state index in [4.69, 9.17) is 4.74 Å². The van der Waals surface area contributed by atoms with Crippen molar-refractivity contribution in [2.24, 2.45) is 0 Å². The molecule has 0 spiro atoms. The van der Waals surface area contributed by atoms with E-state index < -0.39 is 0 Å². The number of rotatable bonds is 5. The zero-order valence-electron chi connectivity index (χ0n) is 12.5. The van der Waals surface area contributed by atoms with Crippen LogP contribution in [-0.4, -0.2) is 36.7 Å². The van der Waals surface area contributed by atoms with Gasteiger partial charge in [0.05, 0.1) is 6.61 Å². The van der Waals surface area contributed by atoms with E-state index in [2.05, 4.69) is 35.3 Å². The Labute approximate surface area is 122 Å². The normalized spacial score (nSPS) is 26.2. The molecular formula is C17H26N2O. The quantitative estimate of drug-likeness (QED) is 0.889. The lowest BCUT2D eigenvalue weighted by Gasteiger charge is -2.35. The van der Waals surface area contributed by atoms with E-state index in [1.54, 1.807) is 0 Å². The van der Waals surface area contributed by atoms with Crippen molar-refractivity contribution in [1.82, 2.24) is 4.90 Å². The maximum absolute atomic E-state index is 5.71. The van der Waals surface area contributed by atoms with Crippen LogP contribution in [0.2, 0.25) is 0 Å². The van der Waals surface area contributed by atoms with E-state index in [0.29, 0.717) is 6.04 Å². The second-order valence-electron chi connectivity index (χ2n) is 6.07. The van der Waals surface area contributed by atoms with Crippen molar-refractivity contribution in [2.45, 2.75) is 51.1 Å². The Morgan fingerprint density at radius 2 is 2.25 bits per heavy atom. The molecule has 1 N–H and O–H groups in total. The molecule has 2 saturated heterocycles. The monoisotopic (exact) mass is 274 g/mol. The van der Waals surface area contributed by atoms with Crippen molar-refractivity contribution in [3.63, 3.8) is 0 Å². The molecule has 2 unspecified atom stereocenters. The second-order valence-corrected chi connectivity index (χ2v) is 6.07. The van der Waals surface area contributed by atoms with Crippen molar-refractivity contribution < 1.29 is 4.74 Å². The molecule has 1 aromatic carbocycles. The van der Waals surface area contributed by atoms with Crippen LogP contribution in [-0.2, 0) is 0 Å². The van der Waals surface area contributed by atoms with Crippen LogP contribution in [0.25, 0.3) is 0 Å². The summed E-state index contributed by atoms with van der Waals surface area (Å²) in [6.45, 7) is 5.51. The van der Waals surface area contributed by atoms with Gasteiger partial charge in [-0.2, -0.15) is 0 Å². The Kier molecular flexibility index (Phi) is 4.46. The van der Waals surface area contributed by atoms with Gasteiger partial charge in [0.2, 0.25) is 0 Å². The van der Waals surface area contributed by atoms with E-state index >= 15 is 0 Å². The zero-order valence-corrected chi connectivity index (χ0v) is 12.5. The molecule has 2 aliphatic heterocycles. The van der Waals surface area contributed by atoms with E-state index in [9.17, 15) is 0 Å². The van der Waals surface area contributed by atoms with Crippen LogP contribution < -0.4 is 10.1 Å². The van der Waals surface area contributed by atoms with Gasteiger partial charge >= 0.3 is 0 Å². The number of benzene rings is 1. The molecule has 0 amide bonds. The molecular weight excluding hydrogens is 248 g/mol. The van der Waals surface area contributed by atoms with E-state index in [0.717, 1.165) is 24.8 Å². The lowest BCUT2D eigenvalue weighted by Crippen LogP contribution is -2.42. The van der Waals surface area contributed by atoms with Crippen LogP contribution in [0.5, 0.6) is 5.75 Å². The van der Waals surface area contributed by atoms with E-state index in [-0.39, 0.29) is 0 Å². The molecule has 2 aliphatic rings. The van der Waals surface area contributed by atoms with Crippen LogP contribution in [0.1, 0.15) is 39.0 Å². The first-order valence-corrected chi connectivity index (χ1v) is 8.08. The third kappa shape index (κ3) is 3.26. The molecule has 3 nitrogen and oxygen atoms in total. The van der Waals surface area contributed by atoms with Gasteiger partial charge in [-0.15, -0.1) is 0 Å². The molecule has 2 fully saturated rings. The Bertz CT molecular complexity index is 435. The molecule has 0 bridgehead atoms. The summed E-state index contributed by atoms with van der Waals surface area (Å²) < 4.78 is 5.71. The van der Waals surface area contributed by atoms with Crippen molar-refractivity contribution in [3.05, 3.63) is 24.3 Å². The summed E-state index contributed by atoms with van der Waals surface area (Å²) in [5.74, 6) is 0.982. The predicted molar refractivity (Wildman–Crippen MR) is 83.5 cm³/mol. The highest BCUT2D eigenvalue weighted by Crippen LogP contribution is 2.29. The van der Waals surface area contributed by atoms with E-state index in [1.165, 1.54) is 44.5 Å². The zero-order chi connectivity index (χ0) is 13.8. The lowest BCUT2D eigenvalue weighted by molar-refractivity contribution is 0.188. The van der Waals surface area contributed by atoms with Crippen molar-refractivity contribution in [1.29, 1.82) is 0 Å². The van der Waals surface area contributed by atoms with Crippen molar-refractivity contribution >= 4 is 5.69 Å².